The molecule has 1 nitrogen and oxygen atoms in total. The molecule has 0 aliphatic heterocycles. The van der Waals surface area contributed by atoms with Crippen molar-refractivity contribution >= 4 is 5.78 Å². The van der Waals surface area contributed by atoms with Crippen molar-refractivity contribution in [1.82, 2.24) is 0 Å². The summed E-state index contributed by atoms with van der Waals surface area (Å²) in [7, 11) is 0. The molecule has 0 spiro atoms. The van der Waals surface area contributed by atoms with Gasteiger partial charge in [-0.3, -0.25) is 4.79 Å². The zero-order valence-electron chi connectivity index (χ0n) is 8.03. The third kappa shape index (κ3) is 2.25. The number of halogens is 3. The van der Waals surface area contributed by atoms with Gasteiger partial charge in [0.15, 0.2) is 0 Å². The molecule has 0 atom stereocenters. The topological polar surface area (TPSA) is 17.1 Å². The maximum atomic E-state index is 12.1. The molecule has 0 aromatic heterocycles. The summed E-state index contributed by atoms with van der Waals surface area (Å²) in [5.74, 6) is -1.70. The van der Waals surface area contributed by atoms with Crippen LogP contribution in [-0.2, 0) is 4.79 Å². The Morgan fingerprint density at radius 1 is 1.29 bits per heavy atom. The summed E-state index contributed by atoms with van der Waals surface area (Å²) in [6.07, 6.45) is -2.79. The van der Waals surface area contributed by atoms with E-state index in [1.165, 1.54) is 6.08 Å². The normalized spacial score (nSPS) is 18.2. The zero-order valence-corrected chi connectivity index (χ0v) is 8.03. The number of carbonyl (C=O) groups is 1. The van der Waals surface area contributed by atoms with E-state index in [1.807, 2.05) is 6.92 Å². The third-order valence-electron chi connectivity index (χ3n) is 2.39. The zero-order chi connectivity index (χ0) is 10.9. The first kappa shape index (κ1) is 11.0. The van der Waals surface area contributed by atoms with E-state index in [0.29, 0.717) is 6.42 Å². The van der Waals surface area contributed by atoms with E-state index in [-0.39, 0.29) is 12.0 Å². The summed E-state index contributed by atoms with van der Waals surface area (Å²) in [5, 5.41) is 0. The number of ketones is 1. The molecule has 0 fully saturated rings. The maximum Gasteiger partial charge on any atom is 0.454 e. The van der Waals surface area contributed by atoms with Crippen molar-refractivity contribution in [3.63, 3.8) is 0 Å². The summed E-state index contributed by atoms with van der Waals surface area (Å²) >= 11 is 0. The van der Waals surface area contributed by atoms with Crippen molar-refractivity contribution < 1.29 is 18.0 Å². The second-order valence-electron chi connectivity index (χ2n) is 3.50. The molecule has 14 heavy (non-hydrogen) atoms. The van der Waals surface area contributed by atoms with Gasteiger partial charge in [-0.15, -0.1) is 0 Å². The van der Waals surface area contributed by atoms with Crippen LogP contribution in [0.5, 0.6) is 0 Å². The Morgan fingerprint density at radius 2 is 1.86 bits per heavy atom. The number of hydrogen-bond donors (Lipinski definition) is 0. The van der Waals surface area contributed by atoms with Crippen molar-refractivity contribution in [3.8, 4) is 0 Å². The van der Waals surface area contributed by atoms with Crippen LogP contribution in [0.4, 0.5) is 13.2 Å². The second kappa shape index (κ2) is 3.59. The molecule has 1 rings (SSSR count). The largest absolute Gasteiger partial charge is 0.454 e. The van der Waals surface area contributed by atoms with Crippen LogP contribution >= 0.6 is 0 Å². The Morgan fingerprint density at radius 3 is 2.29 bits per heavy atom. The standard InChI is InChI=1S/C10H11F3O/c1-6-3-4-8(5-7(6)2)9(14)10(11,12)13/h4H,3,5H2,1-2H3. The average Bonchev–Trinajstić information content (AvgIpc) is 2.07. The van der Waals surface area contributed by atoms with Crippen molar-refractivity contribution in [2.24, 2.45) is 0 Å². The number of alkyl halides is 3. The Labute approximate surface area is 80.3 Å². The molecule has 0 unspecified atom stereocenters. The summed E-state index contributed by atoms with van der Waals surface area (Å²) in [4.78, 5) is 10.9. The van der Waals surface area contributed by atoms with Gasteiger partial charge in [0.05, 0.1) is 0 Å². The Hall–Kier alpha value is -1.06. The number of rotatable bonds is 1. The fourth-order valence-corrected chi connectivity index (χ4v) is 1.31. The van der Waals surface area contributed by atoms with Gasteiger partial charge in [-0.25, -0.2) is 0 Å². The SMILES string of the molecule is CC1=C(C)CC(C(=O)C(F)(F)F)=CC1. The smallest absolute Gasteiger partial charge is 0.284 e. The predicted molar refractivity (Wildman–Crippen MR) is 46.8 cm³/mol. The van der Waals surface area contributed by atoms with E-state index < -0.39 is 12.0 Å². The molecule has 4 heteroatoms. The quantitative estimate of drug-likeness (QED) is 0.599. The first-order valence-electron chi connectivity index (χ1n) is 4.28. The minimum atomic E-state index is -4.74. The molecule has 0 heterocycles. The molecule has 0 radical (unpaired) electrons. The van der Waals surface area contributed by atoms with Crippen LogP contribution in [0.2, 0.25) is 0 Å². The minimum Gasteiger partial charge on any atom is -0.284 e. The molecule has 0 saturated heterocycles. The molecular formula is C10H11F3O. The van der Waals surface area contributed by atoms with Crippen LogP contribution in [0.15, 0.2) is 22.8 Å². The molecule has 1 aliphatic rings. The molecule has 1 aliphatic carbocycles. The van der Waals surface area contributed by atoms with E-state index in [1.54, 1.807) is 6.92 Å². The number of allylic oxidation sites excluding steroid dienone is 4. The Kier molecular flexibility index (Phi) is 2.83. The van der Waals surface area contributed by atoms with Gasteiger partial charge in [0.1, 0.15) is 0 Å². The third-order valence-corrected chi connectivity index (χ3v) is 2.39. The lowest BCUT2D eigenvalue weighted by atomic mass is 9.91. The van der Waals surface area contributed by atoms with Gasteiger partial charge in [0, 0.05) is 5.57 Å². The van der Waals surface area contributed by atoms with Crippen LogP contribution < -0.4 is 0 Å². The maximum absolute atomic E-state index is 12.1. The highest BCUT2D eigenvalue weighted by Gasteiger charge is 2.40. The molecule has 78 valence electrons. The Bertz CT molecular complexity index is 321. The lowest BCUT2D eigenvalue weighted by Crippen LogP contribution is -2.25. The van der Waals surface area contributed by atoms with Gasteiger partial charge in [0.25, 0.3) is 5.78 Å². The Balaban J connectivity index is 2.81. The lowest BCUT2D eigenvalue weighted by Gasteiger charge is -2.16. The van der Waals surface area contributed by atoms with Gasteiger partial charge < -0.3 is 0 Å². The molecule has 0 aromatic carbocycles. The molecule has 0 bridgehead atoms. The van der Waals surface area contributed by atoms with Crippen molar-refractivity contribution in [2.45, 2.75) is 32.9 Å². The van der Waals surface area contributed by atoms with Crippen molar-refractivity contribution in [2.75, 3.05) is 0 Å². The van der Waals surface area contributed by atoms with Crippen molar-refractivity contribution in [3.05, 3.63) is 22.8 Å². The number of carbonyl (C=O) groups excluding carboxylic acids is 1. The lowest BCUT2D eigenvalue weighted by molar-refractivity contribution is -0.166. The van der Waals surface area contributed by atoms with Crippen LogP contribution in [0.1, 0.15) is 26.7 Å². The molecule has 0 amide bonds. The van der Waals surface area contributed by atoms with E-state index in [2.05, 4.69) is 0 Å². The first-order chi connectivity index (χ1) is 6.32. The monoisotopic (exact) mass is 204 g/mol. The number of hydrogen-bond acceptors (Lipinski definition) is 1. The van der Waals surface area contributed by atoms with E-state index in [0.717, 1.165) is 11.1 Å². The minimum absolute atomic E-state index is 0.124. The van der Waals surface area contributed by atoms with Gasteiger partial charge in [-0.2, -0.15) is 13.2 Å². The second-order valence-corrected chi connectivity index (χ2v) is 3.50. The average molecular weight is 204 g/mol. The van der Waals surface area contributed by atoms with E-state index in [9.17, 15) is 18.0 Å². The van der Waals surface area contributed by atoms with E-state index in [4.69, 9.17) is 0 Å². The highest BCUT2D eigenvalue weighted by Crippen LogP contribution is 2.29. The van der Waals surface area contributed by atoms with Gasteiger partial charge >= 0.3 is 6.18 Å². The fourth-order valence-electron chi connectivity index (χ4n) is 1.31. The fraction of sp³-hybridized carbons (Fsp3) is 0.500. The van der Waals surface area contributed by atoms with Crippen LogP contribution in [-0.4, -0.2) is 12.0 Å². The van der Waals surface area contributed by atoms with E-state index >= 15 is 0 Å². The van der Waals surface area contributed by atoms with Crippen LogP contribution in [0.25, 0.3) is 0 Å². The molecule has 0 N–H and O–H groups in total. The van der Waals surface area contributed by atoms with Crippen LogP contribution in [0.3, 0.4) is 0 Å². The van der Waals surface area contributed by atoms with Gasteiger partial charge in [-0.05, 0) is 26.7 Å². The predicted octanol–water partition coefficient (Wildman–Crippen LogP) is 3.17. The molecular weight excluding hydrogens is 193 g/mol. The first-order valence-corrected chi connectivity index (χ1v) is 4.28. The summed E-state index contributed by atoms with van der Waals surface area (Å²) in [5.41, 5.74) is 1.78. The summed E-state index contributed by atoms with van der Waals surface area (Å²) < 4.78 is 36.2. The highest BCUT2D eigenvalue weighted by atomic mass is 19.4. The number of Topliss-reactive ketones (excluding diaryl/α,β-unsaturated/α-hetero) is 1. The van der Waals surface area contributed by atoms with Gasteiger partial charge in [-0.1, -0.05) is 17.2 Å². The van der Waals surface area contributed by atoms with Gasteiger partial charge in [0.2, 0.25) is 0 Å². The van der Waals surface area contributed by atoms with Crippen LogP contribution in [0, 0.1) is 0 Å². The summed E-state index contributed by atoms with van der Waals surface area (Å²) in [6.45, 7) is 3.62. The highest BCUT2D eigenvalue weighted by molar-refractivity contribution is 6.00. The summed E-state index contributed by atoms with van der Waals surface area (Å²) in [6, 6.07) is 0. The van der Waals surface area contributed by atoms with Crippen molar-refractivity contribution in [1.29, 1.82) is 0 Å². The molecule has 0 saturated carbocycles. The molecule has 0 aromatic rings.